The number of nitrogens with zero attached hydrogens (tertiary/aromatic N) is 3. The number of thioether (sulfide) groups is 1. The third kappa shape index (κ3) is 5.76. The highest BCUT2D eigenvalue weighted by Crippen LogP contribution is 2.17. The molecule has 0 aliphatic carbocycles. The molecule has 19 heavy (non-hydrogen) atoms. The Balaban J connectivity index is 2.74. The van der Waals surface area contributed by atoms with E-state index in [1.807, 2.05) is 12.3 Å². The molecule has 106 valence electrons. The van der Waals surface area contributed by atoms with Crippen LogP contribution in [0.3, 0.4) is 0 Å². The second-order valence-corrected chi connectivity index (χ2v) is 5.57. The molecule has 7 heteroatoms. The molecule has 0 saturated heterocycles. The predicted octanol–water partition coefficient (Wildman–Crippen LogP) is 2.91. The minimum Gasteiger partial charge on any atom is -0.282 e. The van der Waals surface area contributed by atoms with E-state index >= 15 is 0 Å². The van der Waals surface area contributed by atoms with Crippen molar-refractivity contribution < 1.29 is 4.92 Å². The molecule has 1 atom stereocenters. The number of nitro groups is 1. The Bertz CT molecular complexity index is 402. The average Bonchev–Trinajstić information content (AvgIpc) is 2.38. The van der Waals surface area contributed by atoms with Crippen LogP contribution in [0.4, 0.5) is 0 Å². The van der Waals surface area contributed by atoms with Crippen molar-refractivity contribution in [3.8, 4) is 0 Å². The van der Waals surface area contributed by atoms with Crippen molar-refractivity contribution in [3.63, 3.8) is 0 Å². The molecule has 1 aromatic rings. The first-order chi connectivity index (χ1) is 9.06. The second kappa shape index (κ2) is 8.35. The Kier molecular flexibility index (Phi) is 7.12. The van der Waals surface area contributed by atoms with Crippen LogP contribution in [-0.2, 0) is 6.54 Å². The lowest BCUT2D eigenvalue weighted by Gasteiger charge is -2.27. The van der Waals surface area contributed by atoms with Crippen molar-refractivity contribution in [1.82, 2.24) is 9.88 Å². The van der Waals surface area contributed by atoms with Crippen molar-refractivity contribution in [2.24, 2.45) is 0 Å². The second-order valence-electron chi connectivity index (χ2n) is 4.17. The third-order valence-electron chi connectivity index (χ3n) is 2.67. The smallest absolute Gasteiger partial charge is 0.228 e. The van der Waals surface area contributed by atoms with E-state index < -0.39 is 0 Å². The van der Waals surface area contributed by atoms with E-state index in [4.69, 9.17) is 11.6 Å². The maximum atomic E-state index is 10.7. The van der Waals surface area contributed by atoms with Gasteiger partial charge in [0, 0.05) is 17.7 Å². The van der Waals surface area contributed by atoms with E-state index in [1.54, 1.807) is 12.3 Å². The van der Waals surface area contributed by atoms with Gasteiger partial charge < -0.3 is 0 Å². The molecule has 0 radical (unpaired) electrons. The molecule has 1 heterocycles. The minimum atomic E-state index is -0.260. The van der Waals surface area contributed by atoms with E-state index in [0.717, 1.165) is 18.5 Å². The molecule has 0 amide bonds. The van der Waals surface area contributed by atoms with Gasteiger partial charge in [-0.15, -0.1) is 11.8 Å². The van der Waals surface area contributed by atoms with Crippen molar-refractivity contribution in [2.45, 2.75) is 25.3 Å². The number of hydrogen-bond acceptors (Lipinski definition) is 5. The van der Waals surface area contributed by atoms with Crippen LogP contribution in [0.1, 0.15) is 18.9 Å². The monoisotopic (exact) mass is 303 g/mol. The lowest BCUT2D eigenvalue weighted by molar-refractivity contribution is -0.482. The van der Waals surface area contributed by atoms with E-state index in [9.17, 15) is 10.1 Å². The fraction of sp³-hybridized carbons (Fsp3) is 0.583. The summed E-state index contributed by atoms with van der Waals surface area (Å²) in [5.74, 6) is 0. The molecule has 0 aromatic carbocycles. The summed E-state index contributed by atoms with van der Waals surface area (Å²) >= 11 is 7.26. The number of hydrogen-bond donors (Lipinski definition) is 0. The predicted molar refractivity (Wildman–Crippen MR) is 79.1 cm³/mol. The third-order valence-corrected chi connectivity index (χ3v) is 3.88. The highest BCUT2D eigenvalue weighted by Gasteiger charge is 2.22. The molecule has 0 spiro atoms. The van der Waals surface area contributed by atoms with E-state index in [0.29, 0.717) is 11.7 Å². The highest BCUT2D eigenvalue weighted by molar-refractivity contribution is 7.99. The summed E-state index contributed by atoms with van der Waals surface area (Å²) in [7, 11) is 0. The van der Waals surface area contributed by atoms with Crippen molar-refractivity contribution >= 4 is 23.4 Å². The van der Waals surface area contributed by atoms with E-state index in [2.05, 4.69) is 16.8 Å². The summed E-state index contributed by atoms with van der Waals surface area (Å²) in [6.45, 7) is 3.48. The molecule has 1 unspecified atom stereocenters. The first-order valence-electron chi connectivity index (χ1n) is 6.06. The SMILES string of the molecule is CCCN(Cc1ccc(Cl)nc1)C(C[N+](=O)[O-])SC. The first kappa shape index (κ1) is 16.2. The number of pyridine rings is 1. The first-order valence-corrected chi connectivity index (χ1v) is 7.72. The molecule has 0 bridgehead atoms. The van der Waals surface area contributed by atoms with Crippen LogP contribution in [0.5, 0.6) is 0 Å². The summed E-state index contributed by atoms with van der Waals surface area (Å²) in [6, 6.07) is 3.64. The summed E-state index contributed by atoms with van der Waals surface area (Å²) in [4.78, 5) is 16.6. The van der Waals surface area contributed by atoms with Crippen LogP contribution in [-0.4, -0.2) is 39.5 Å². The van der Waals surface area contributed by atoms with Crippen molar-refractivity contribution in [2.75, 3.05) is 19.3 Å². The lowest BCUT2D eigenvalue weighted by Crippen LogP contribution is -2.37. The fourth-order valence-electron chi connectivity index (χ4n) is 1.81. The number of rotatable bonds is 8. The largest absolute Gasteiger partial charge is 0.282 e. The molecule has 0 aliphatic heterocycles. The van der Waals surface area contributed by atoms with E-state index in [1.165, 1.54) is 11.8 Å². The van der Waals surface area contributed by atoms with Crippen molar-refractivity contribution in [3.05, 3.63) is 39.2 Å². The quantitative estimate of drug-likeness (QED) is 0.320. The summed E-state index contributed by atoms with van der Waals surface area (Å²) in [6.07, 6.45) is 4.57. The normalized spacial score (nSPS) is 12.6. The molecule has 1 rings (SSSR count). The highest BCUT2D eigenvalue weighted by atomic mass is 35.5. The Labute approximate surface area is 122 Å². The molecule has 0 aliphatic rings. The maximum absolute atomic E-state index is 10.7. The Morgan fingerprint density at radius 1 is 1.58 bits per heavy atom. The van der Waals surface area contributed by atoms with Gasteiger partial charge in [0.1, 0.15) is 10.5 Å². The molecule has 5 nitrogen and oxygen atoms in total. The van der Waals surface area contributed by atoms with Gasteiger partial charge in [0.25, 0.3) is 0 Å². The van der Waals surface area contributed by atoms with Gasteiger partial charge in [-0.3, -0.25) is 15.0 Å². The lowest BCUT2D eigenvalue weighted by atomic mass is 10.2. The zero-order chi connectivity index (χ0) is 14.3. The van der Waals surface area contributed by atoms with Gasteiger partial charge in [0.05, 0.1) is 0 Å². The van der Waals surface area contributed by atoms with Crippen LogP contribution < -0.4 is 0 Å². The zero-order valence-corrected chi connectivity index (χ0v) is 12.7. The standard InChI is InChI=1S/C12H18ClN3O2S/c1-3-6-15(12(19-2)9-16(17)18)8-10-4-5-11(13)14-7-10/h4-5,7,12H,3,6,8-9H2,1-2H3. The Morgan fingerprint density at radius 2 is 2.32 bits per heavy atom. The van der Waals surface area contributed by atoms with Gasteiger partial charge in [-0.2, -0.15) is 0 Å². The van der Waals surface area contributed by atoms with Gasteiger partial charge in [-0.25, -0.2) is 4.98 Å². The molecular formula is C12H18ClN3O2S. The number of aromatic nitrogens is 1. The molecule has 0 saturated carbocycles. The Hall–Kier alpha value is -0.850. The van der Waals surface area contributed by atoms with Crippen LogP contribution >= 0.6 is 23.4 Å². The summed E-state index contributed by atoms with van der Waals surface area (Å²) in [5, 5.41) is 11.0. The topological polar surface area (TPSA) is 59.3 Å². The van der Waals surface area contributed by atoms with Gasteiger partial charge in [-0.1, -0.05) is 24.6 Å². The zero-order valence-electron chi connectivity index (χ0n) is 11.1. The van der Waals surface area contributed by atoms with Gasteiger partial charge in [0.15, 0.2) is 0 Å². The summed E-state index contributed by atoms with van der Waals surface area (Å²) < 4.78 is 0. The molecule has 1 aromatic heterocycles. The van der Waals surface area contributed by atoms with Crippen LogP contribution in [0.25, 0.3) is 0 Å². The maximum Gasteiger partial charge on any atom is 0.228 e. The molecule has 0 N–H and O–H groups in total. The van der Waals surface area contributed by atoms with Gasteiger partial charge in [-0.05, 0) is 30.9 Å². The fourth-order valence-corrected chi connectivity index (χ4v) is 2.67. The van der Waals surface area contributed by atoms with Crippen LogP contribution in [0, 0.1) is 10.1 Å². The summed E-state index contributed by atoms with van der Waals surface area (Å²) in [5.41, 5.74) is 1.01. The van der Waals surface area contributed by atoms with Gasteiger partial charge >= 0.3 is 0 Å². The van der Waals surface area contributed by atoms with Gasteiger partial charge in [0.2, 0.25) is 6.54 Å². The molecule has 0 fully saturated rings. The average molecular weight is 304 g/mol. The van der Waals surface area contributed by atoms with Crippen LogP contribution in [0.2, 0.25) is 5.15 Å². The number of halogens is 1. The van der Waals surface area contributed by atoms with E-state index in [-0.39, 0.29) is 16.8 Å². The van der Waals surface area contributed by atoms with Crippen LogP contribution in [0.15, 0.2) is 18.3 Å². The minimum absolute atomic E-state index is 0.0534. The molecular weight excluding hydrogens is 286 g/mol. The van der Waals surface area contributed by atoms with Crippen molar-refractivity contribution in [1.29, 1.82) is 0 Å². The Morgan fingerprint density at radius 3 is 2.79 bits per heavy atom.